The van der Waals surface area contributed by atoms with Crippen LogP contribution >= 0.6 is 22.9 Å². The monoisotopic (exact) mass is 430 g/mol. The SMILES string of the molecule is Cc1ccc(-c2ccsc2C(=O)OCC(=O)Nc2ccc([N+](=O)[O-])cc2Cl)cc1. The molecule has 0 aliphatic carbocycles. The van der Waals surface area contributed by atoms with Gasteiger partial charge in [-0.1, -0.05) is 41.4 Å². The molecule has 0 atom stereocenters. The van der Waals surface area contributed by atoms with E-state index in [2.05, 4.69) is 5.32 Å². The summed E-state index contributed by atoms with van der Waals surface area (Å²) in [5.74, 6) is -1.22. The zero-order valence-electron chi connectivity index (χ0n) is 15.2. The van der Waals surface area contributed by atoms with Crippen LogP contribution in [0.4, 0.5) is 11.4 Å². The predicted molar refractivity (Wildman–Crippen MR) is 112 cm³/mol. The van der Waals surface area contributed by atoms with Gasteiger partial charge in [-0.3, -0.25) is 14.9 Å². The van der Waals surface area contributed by atoms with Gasteiger partial charge in [0.1, 0.15) is 4.88 Å². The van der Waals surface area contributed by atoms with Gasteiger partial charge in [0, 0.05) is 17.7 Å². The van der Waals surface area contributed by atoms with Crippen molar-refractivity contribution >= 4 is 46.2 Å². The number of nitrogens with zero attached hydrogens (tertiary/aromatic N) is 1. The summed E-state index contributed by atoms with van der Waals surface area (Å²) < 4.78 is 5.12. The molecule has 3 aromatic rings. The summed E-state index contributed by atoms with van der Waals surface area (Å²) in [7, 11) is 0. The van der Waals surface area contributed by atoms with Crippen LogP contribution in [0.15, 0.2) is 53.9 Å². The van der Waals surface area contributed by atoms with E-state index in [1.807, 2.05) is 37.3 Å². The summed E-state index contributed by atoms with van der Waals surface area (Å²) in [5, 5.41) is 15.0. The zero-order valence-corrected chi connectivity index (χ0v) is 16.8. The normalized spacial score (nSPS) is 10.4. The average molecular weight is 431 g/mol. The van der Waals surface area contributed by atoms with Crippen LogP contribution in [-0.4, -0.2) is 23.4 Å². The zero-order chi connectivity index (χ0) is 21.0. The van der Waals surface area contributed by atoms with E-state index in [9.17, 15) is 19.7 Å². The number of rotatable bonds is 6. The van der Waals surface area contributed by atoms with Crippen molar-refractivity contribution < 1.29 is 19.2 Å². The molecule has 7 nitrogen and oxygen atoms in total. The number of amides is 1. The largest absolute Gasteiger partial charge is 0.451 e. The number of nitro benzene ring substituents is 1. The smallest absolute Gasteiger partial charge is 0.349 e. The molecule has 0 aliphatic rings. The number of benzene rings is 2. The quantitative estimate of drug-likeness (QED) is 0.334. The Kier molecular flexibility index (Phi) is 6.26. The minimum Gasteiger partial charge on any atom is -0.451 e. The Balaban J connectivity index is 1.63. The summed E-state index contributed by atoms with van der Waals surface area (Å²) in [6.07, 6.45) is 0. The summed E-state index contributed by atoms with van der Waals surface area (Å²) in [5.41, 5.74) is 2.72. The second-order valence-electron chi connectivity index (χ2n) is 6.07. The fourth-order valence-electron chi connectivity index (χ4n) is 2.53. The van der Waals surface area contributed by atoms with Crippen LogP contribution in [0.1, 0.15) is 15.2 Å². The molecule has 2 aromatic carbocycles. The van der Waals surface area contributed by atoms with E-state index in [1.165, 1.54) is 23.5 Å². The number of nitro groups is 1. The number of carbonyl (C=O) groups is 2. The Morgan fingerprint density at radius 3 is 2.55 bits per heavy atom. The highest BCUT2D eigenvalue weighted by atomic mass is 35.5. The Hall–Kier alpha value is -3.23. The van der Waals surface area contributed by atoms with Crippen molar-refractivity contribution in [1.82, 2.24) is 0 Å². The number of aryl methyl sites for hydroxylation is 1. The Morgan fingerprint density at radius 2 is 1.90 bits per heavy atom. The van der Waals surface area contributed by atoms with E-state index in [0.29, 0.717) is 4.88 Å². The van der Waals surface area contributed by atoms with Gasteiger partial charge in [0.15, 0.2) is 6.61 Å². The van der Waals surface area contributed by atoms with E-state index in [-0.39, 0.29) is 16.4 Å². The number of nitrogens with one attached hydrogen (secondary N) is 1. The summed E-state index contributed by atoms with van der Waals surface area (Å²) in [4.78, 5) is 35.0. The summed E-state index contributed by atoms with van der Waals surface area (Å²) in [6.45, 7) is 1.46. The molecular formula is C20H15ClN2O5S. The number of ether oxygens (including phenoxy) is 1. The van der Waals surface area contributed by atoms with Crippen molar-refractivity contribution in [2.45, 2.75) is 6.92 Å². The number of non-ortho nitro benzene ring substituents is 1. The van der Waals surface area contributed by atoms with Crippen LogP contribution in [0.25, 0.3) is 11.1 Å². The molecule has 3 rings (SSSR count). The molecule has 0 saturated carbocycles. The molecule has 29 heavy (non-hydrogen) atoms. The van der Waals surface area contributed by atoms with Gasteiger partial charge in [0.2, 0.25) is 0 Å². The molecule has 0 unspecified atom stereocenters. The van der Waals surface area contributed by atoms with Crippen LogP contribution in [0.3, 0.4) is 0 Å². The van der Waals surface area contributed by atoms with Gasteiger partial charge in [-0.2, -0.15) is 0 Å². The number of anilines is 1. The standard InChI is InChI=1S/C20H15ClN2O5S/c1-12-2-4-13(5-3-12)15-8-9-29-19(15)20(25)28-11-18(24)22-17-7-6-14(23(26)27)10-16(17)21/h2-10H,11H2,1H3,(H,22,24). The van der Waals surface area contributed by atoms with Crippen molar-refractivity contribution in [2.24, 2.45) is 0 Å². The second kappa shape index (κ2) is 8.85. The average Bonchev–Trinajstić information content (AvgIpc) is 3.18. The first kappa shape index (κ1) is 20.5. The summed E-state index contributed by atoms with van der Waals surface area (Å²) in [6, 6.07) is 13.2. The number of carbonyl (C=O) groups excluding carboxylic acids is 2. The minimum atomic E-state index is -0.611. The molecular weight excluding hydrogens is 416 g/mol. The van der Waals surface area contributed by atoms with Crippen LogP contribution in [-0.2, 0) is 9.53 Å². The number of thiophene rings is 1. The highest BCUT2D eigenvalue weighted by Gasteiger charge is 2.18. The third-order valence-electron chi connectivity index (χ3n) is 3.99. The third kappa shape index (κ3) is 4.98. The molecule has 0 fully saturated rings. The van der Waals surface area contributed by atoms with Crippen molar-refractivity contribution in [3.63, 3.8) is 0 Å². The van der Waals surface area contributed by atoms with Crippen molar-refractivity contribution in [3.8, 4) is 11.1 Å². The molecule has 0 radical (unpaired) electrons. The van der Waals surface area contributed by atoms with E-state index in [1.54, 1.807) is 5.38 Å². The van der Waals surface area contributed by atoms with Crippen molar-refractivity contribution in [1.29, 1.82) is 0 Å². The Morgan fingerprint density at radius 1 is 1.17 bits per heavy atom. The fraction of sp³-hybridized carbons (Fsp3) is 0.100. The van der Waals surface area contributed by atoms with Crippen molar-refractivity contribution in [2.75, 3.05) is 11.9 Å². The van der Waals surface area contributed by atoms with E-state index >= 15 is 0 Å². The number of esters is 1. The third-order valence-corrected chi connectivity index (χ3v) is 5.19. The van der Waals surface area contributed by atoms with E-state index in [4.69, 9.17) is 16.3 Å². The van der Waals surface area contributed by atoms with Crippen LogP contribution in [0.5, 0.6) is 0 Å². The first-order chi connectivity index (χ1) is 13.8. The predicted octanol–water partition coefficient (Wildman–Crippen LogP) is 5.08. The Labute approximate surface area is 175 Å². The first-order valence-corrected chi connectivity index (χ1v) is 9.66. The van der Waals surface area contributed by atoms with Gasteiger partial charge in [-0.05, 0) is 30.0 Å². The second-order valence-corrected chi connectivity index (χ2v) is 7.40. The van der Waals surface area contributed by atoms with Crippen molar-refractivity contribution in [3.05, 3.63) is 79.5 Å². The topological polar surface area (TPSA) is 98.5 Å². The lowest BCUT2D eigenvalue weighted by molar-refractivity contribution is -0.384. The van der Waals surface area contributed by atoms with Gasteiger partial charge in [0.05, 0.1) is 15.6 Å². The Bertz CT molecular complexity index is 1080. The minimum absolute atomic E-state index is 0.0128. The first-order valence-electron chi connectivity index (χ1n) is 8.40. The number of halogens is 1. The number of hydrogen-bond acceptors (Lipinski definition) is 6. The maximum Gasteiger partial charge on any atom is 0.349 e. The van der Waals surface area contributed by atoms with Gasteiger partial charge in [-0.25, -0.2) is 4.79 Å². The highest BCUT2D eigenvalue weighted by molar-refractivity contribution is 7.12. The molecule has 0 bridgehead atoms. The molecule has 148 valence electrons. The van der Waals surface area contributed by atoms with Gasteiger partial charge in [0.25, 0.3) is 11.6 Å². The molecule has 0 spiro atoms. The highest BCUT2D eigenvalue weighted by Crippen LogP contribution is 2.29. The van der Waals surface area contributed by atoms with Gasteiger partial charge >= 0.3 is 5.97 Å². The van der Waals surface area contributed by atoms with E-state index in [0.717, 1.165) is 22.8 Å². The lowest BCUT2D eigenvalue weighted by Gasteiger charge is -2.08. The van der Waals surface area contributed by atoms with Crippen LogP contribution in [0, 0.1) is 17.0 Å². The molecule has 1 heterocycles. The lowest BCUT2D eigenvalue weighted by Crippen LogP contribution is -2.21. The van der Waals surface area contributed by atoms with Crippen LogP contribution < -0.4 is 5.32 Å². The van der Waals surface area contributed by atoms with Gasteiger partial charge < -0.3 is 10.1 Å². The van der Waals surface area contributed by atoms with E-state index < -0.39 is 23.4 Å². The molecule has 0 saturated heterocycles. The molecule has 9 heteroatoms. The number of hydrogen-bond donors (Lipinski definition) is 1. The molecule has 1 aromatic heterocycles. The van der Waals surface area contributed by atoms with Gasteiger partial charge in [-0.15, -0.1) is 11.3 Å². The lowest BCUT2D eigenvalue weighted by atomic mass is 10.1. The molecule has 0 aliphatic heterocycles. The maximum atomic E-state index is 12.4. The molecule has 1 amide bonds. The van der Waals surface area contributed by atoms with Crippen LogP contribution in [0.2, 0.25) is 5.02 Å². The molecule has 1 N–H and O–H groups in total. The fourth-order valence-corrected chi connectivity index (χ4v) is 3.56. The maximum absolute atomic E-state index is 12.4. The summed E-state index contributed by atoms with van der Waals surface area (Å²) >= 11 is 7.16.